The zero-order chi connectivity index (χ0) is 42.1. The van der Waals surface area contributed by atoms with Gasteiger partial charge in [-0.3, -0.25) is 0 Å². The molecular formula is C62H47N. The number of anilines is 3. The van der Waals surface area contributed by atoms with Crippen molar-refractivity contribution in [1.29, 1.82) is 0 Å². The molecule has 0 N–H and O–H groups in total. The maximum atomic E-state index is 2.56. The highest BCUT2D eigenvalue weighted by Crippen LogP contribution is 2.61. The van der Waals surface area contributed by atoms with E-state index in [1.807, 2.05) is 0 Å². The number of aryl methyl sites for hydroxylation is 1. The van der Waals surface area contributed by atoms with Gasteiger partial charge >= 0.3 is 0 Å². The lowest BCUT2D eigenvalue weighted by molar-refractivity contribution is 0.626. The van der Waals surface area contributed by atoms with Crippen LogP contribution in [0.25, 0.3) is 44.5 Å². The second-order valence-corrected chi connectivity index (χ2v) is 18.9. The van der Waals surface area contributed by atoms with Crippen molar-refractivity contribution in [1.82, 2.24) is 0 Å². The van der Waals surface area contributed by atoms with Crippen molar-refractivity contribution in [3.05, 3.63) is 256 Å². The van der Waals surface area contributed by atoms with Gasteiger partial charge in [0.05, 0.1) is 5.69 Å². The van der Waals surface area contributed by atoms with Crippen molar-refractivity contribution >= 4 is 17.1 Å². The van der Waals surface area contributed by atoms with Crippen molar-refractivity contribution in [2.75, 3.05) is 4.90 Å². The Balaban J connectivity index is 1.04. The van der Waals surface area contributed by atoms with Gasteiger partial charge in [-0.1, -0.05) is 190 Å². The molecule has 0 heterocycles. The maximum Gasteiger partial charge on any atom is 0.0543 e. The molecule has 0 aliphatic heterocycles. The van der Waals surface area contributed by atoms with Crippen LogP contribution in [-0.4, -0.2) is 0 Å². The fourth-order valence-electron chi connectivity index (χ4n) is 12.8. The van der Waals surface area contributed by atoms with Crippen LogP contribution in [0.3, 0.4) is 0 Å². The van der Waals surface area contributed by atoms with Gasteiger partial charge in [0.1, 0.15) is 0 Å². The predicted octanol–water partition coefficient (Wildman–Crippen LogP) is 15.7. The van der Waals surface area contributed by atoms with Crippen LogP contribution in [0, 0.1) is 0 Å². The van der Waals surface area contributed by atoms with E-state index < -0.39 is 0 Å². The van der Waals surface area contributed by atoms with Gasteiger partial charge in [0.15, 0.2) is 0 Å². The number of benzene rings is 9. The Labute approximate surface area is 371 Å². The van der Waals surface area contributed by atoms with Gasteiger partial charge in [0.25, 0.3) is 0 Å². The predicted molar refractivity (Wildman–Crippen MR) is 262 cm³/mol. The van der Waals surface area contributed by atoms with Gasteiger partial charge in [0.2, 0.25) is 0 Å². The van der Waals surface area contributed by atoms with Gasteiger partial charge in [0, 0.05) is 33.2 Å². The maximum absolute atomic E-state index is 2.56. The van der Waals surface area contributed by atoms with Gasteiger partial charge in [-0.15, -0.1) is 0 Å². The summed E-state index contributed by atoms with van der Waals surface area (Å²) in [5, 5.41) is 0. The molecule has 13 rings (SSSR count). The first-order chi connectivity index (χ1) is 30.9. The number of rotatable bonds is 5. The van der Waals surface area contributed by atoms with E-state index in [1.54, 1.807) is 0 Å². The van der Waals surface area contributed by atoms with Gasteiger partial charge in [-0.2, -0.15) is 0 Å². The van der Waals surface area contributed by atoms with Crippen LogP contribution < -0.4 is 4.90 Å². The zero-order valence-corrected chi connectivity index (χ0v) is 36.0. The Morgan fingerprint density at radius 3 is 1.76 bits per heavy atom. The van der Waals surface area contributed by atoms with E-state index in [9.17, 15) is 0 Å². The average molecular weight is 806 g/mol. The zero-order valence-electron chi connectivity index (χ0n) is 36.0. The smallest absolute Gasteiger partial charge is 0.0543 e. The highest BCUT2D eigenvalue weighted by Gasteiger charge is 2.49. The third-order valence-corrected chi connectivity index (χ3v) is 15.6. The van der Waals surface area contributed by atoms with Crippen LogP contribution in [0.1, 0.15) is 77.3 Å². The molecule has 1 nitrogen and oxygen atoms in total. The molecule has 63 heavy (non-hydrogen) atoms. The fraction of sp³-hybridized carbons (Fsp3) is 0.129. The molecule has 0 saturated heterocycles. The second-order valence-electron chi connectivity index (χ2n) is 18.9. The average Bonchev–Trinajstić information content (AvgIpc) is 4.02. The molecule has 4 aliphatic carbocycles. The third kappa shape index (κ3) is 4.83. The Morgan fingerprint density at radius 1 is 0.397 bits per heavy atom. The normalized spacial score (nSPS) is 18.8. The Kier molecular flexibility index (Phi) is 7.60. The van der Waals surface area contributed by atoms with E-state index in [-0.39, 0.29) is 16.2 Å². The number of hydrogen-bond donors (Lipinski definition) is 0. The summed E-state index contributed by atoms with van der Waals surface area (Å²) in [5.74, 6) is 0. The number of nitrogens with zero attached hydrogens (tertiary/aromatic N) is 1. The summed E-state index contributed by atoms with van der Waals surface area (Å²) >= 11 is 0. The van der Waals surface area contributed by atoms with Crippen LogP contribution >= 0.6 is 0 Å². The highest BCUT2D eigenvalue weighted by atomic mass is 15.1. The molecule has 9 aromatic rings. The van der Waals surface area contributed by atoms with Crippen LogP contribution in [0.15, 0.2) is 206 Å². The van der Waals surface area contributed by atoms with E-state index in [0.29, 0.717) is 0 Å². The lowest BCUT2D eigenvalue weighted by Crippen LogP contribution is -2.24. The Hall–Kier alpha value is -7.22. The summed E-state index contributed by atoms with van der Waals surface area (Å²) < 4.78 is 0. The Bertz CT molecular complexity index is 3330. The SMILES string of the molecule is CC1(C)c2ccccc2-c2cccc(-c3ccc(N(c4ccc5c(c4)C4(CCc6ccccc64)c4ccccc4-5)c4cccc5c4-c4ccccc4C5(C)c4ccccc4)cc3)c21. The summed E-state index contributed by atoms with van der Waals surface area (Å²) in [6.07, 6.45) is 2.14. The van der Waals surface area contributed by atoms with Crippen LogP contribution in [0.4, 0.5) is 17.1 Å². The van der Waals surface area contributed by atoms with Gasteiger partial charge in [-0.25, -0.2) is 0 Å². The van der Waals surface area contributed by atoms with Crippen molar-refractivity contribution in [3.63, 3.8) is 0 Å². The van der Waals surface area contributed by atoms with E-state index in [0.717, 1.165) is 18.5 Å². The Morgan fingerprint density at radius 2 is 0.968 bits per heavy atom. The summed E-state index contributed by atoms with van der Waals surface area (Å²) in [6.45, 7) is 7.19. The van der Waals surface area contributed by atoms with Crippen LogP contribution in [0.2, 0.25) is 0 Å². The van der Waals surface area contributed by atoms with Gasteiger partial charge in [-0.05, 0) is 139 Å². The molecule has 4 aliphatic rings. The standard InChI is InChI=1S/C62H47N/c1-60(2)52-26-12-8-21-47(52)49-24-15-23-45(59(49)60)40-31-33-43(34-32-40)63(57-30-16-29-55-58(57)50-22-10-13-27-53(50)61(55,3)42-18-5-4-6-19-42)44-35-36-48-46-20-9-14-28-54(46)62(56(48)39-44)38-37-41-17-7-11-25-51(41)62/h4-36,39H,37-38H2,1-3H3. The van der Waals surface area contributed by atoms with E-state index >= 15 is 0 Å². The van der Waals surface area contributed by atoms with E-state index in [4.69, 9.17) is 0 Å². The molecule has 0 bridgehead atoms. The lowest BCUT2D eigenvalue weighted by Gasteiger charge is -2.32. The molecule has 0 saturated carbocycles. The topological polar surface area (TPSA) is 3.24 Å². The quantitative estimate of drug-likeness (QED) is 0.167. The first-order valence-corrected chi connectivity index (χ1v) is 22.6. The largest absolute Gasteiger partial charge is 0.310 e. The minimum Gasteiger partial charge on any atom is -0.310 e. The molecule has 2 unspecified atom stereocenters. The first-order valence-electron chi connectivity index (χ1n) is 22.6. The molecule has 2 atom stereocenters. The third-order valence-electron chi connectivity index (χ3n) is 15.6. The molecule has 0 radical (unpaired) electrons. The van der Waals surface area contributed by atoms with Crippen LogP contribution in [-0.2, 0) is 22.7 Å². The summed E-state index contributed by atoms with van der Waals surface area (Å²) in [5.41, 5.74) is 26.0. The lowest BCUT2D eigenvalue weighted by atomic mass is 9.73. The first kappa shape index (κ1) is 36.4. The number of hydrogen-bond acceptors (Lipinski definition) is 1. The van der Waals surface area contributed by atoms with Crippen molar-refractivity contribution in [3.8, 4) is 44.5 Å². The van der Waals surface area contributed by atoms with E-state index in [1.165, 1.54) is 106 Å². The van der Waals surface area contributed by atoms with Crippen molar-refractivity contribution in [2.24, 2.45) is 0 Å². The van der Waals surface area contributed by atoms with Crippen molar-refractivity contribution in [2.45, 2.75) is 49.9 Å². The molecule has 0 fully saturated rings. The minimum atomic E-state index is -0.312. The second kappa shape index (κ2) is 13.1. The summed E-state index contributed by atoms with van der Waals surface area (Å²) in [7, 11) is 0. The fourth-order valence-corrected chi connectivity index (χ4v) is 12.8. The molecular weight excluding hydrogens is 759 g/mol. The number of fused-ring (bicyclic) bond motifs is 13. The summed E-state index contributed by atoms with van der Waals surface area (Å²) in [4.78, 5) is 2.56. The van der Waals surface area contributed by atoms with Crippen LogP contribution in [0.5, 0.6) is 0 Å². The van der Waals surface area contributed by atoms with Gasteiger partial charge < -0.3 is 4.90 Å². The highest BCUT2D eigenvalue weighted by molar-refractivity contribution is 5.97. The summed E-state index contributed by atoms with van der Waals surface area (Å²) in [6, 6.07) is 78.2. The minimum absolute atomic E-state index is 0.104. The molecule has 0 aromatic heterocycles. The van der Waals surface area contributed by atoms with Crippen molar-refractivity contribution < 1.29 is 0 Å². The molecule has 1 heteroatoms. The molecule has 0 amide bonds. The molecule has 300 valence electrons. The monoisotopic (exact) mass is 805 g/mol. The molecule has 9 aromatic carbocycles. The molecule has 1 spiro atoms. The van der Waals surface area contributed by atoms with E-state index in [2.05, 4.69) is 232 Å².